The maximum atomic E-state index is 5.94. The maximum Gasteiger partial charge on any atom is 0.0564 e. The second-order valence-corrected chi connectivity index (χ2v) is 4.51. The zero-order valence-electron chi connectivity index (χ0n) is 5.60. The van der Waals surface area contributed by atoms with Crippen LogP contribution in [0.5, 0.6) is 0 Å². The SMILES string of the molecule is NC1SCCCC12CC2. The lowest BCUT2D eigenvalue weighted by Gasteiger charge is -2.27. The van der Waals surface area contributed by atoms with E-state index in [0.29, 0.717) is 10.8 Å². The Labute approximate surface area is 60.4 Å². The van der Waals surface area contributed by atoms with Gasteiger partial charge in [0, 0.05) is 0 Å². The lowest BCUT2D eigenvalue weighted by atomic mass is 10.0. The predicted octanol–water partition coefficient (Wildman–Crippen LogP) is 1.58. The smallest absolute Gasteiger partial charge is 0.0564 e. The van der Waals surface area contributed by atoms with E-state index in [0.717, 1.165) is 0 Å². The number of hydrogen-bond acceptors (Lipinski definition) is 2. The number of rotatable bonds is 0. The molecule has 1 spiro atoms. The summed E-state index contributed by atoms with van der Waals surface area (Å²) in [7, 11) is 0. The predicted molar refractivity (Wildman–Crippen MR) is 41.3 cm³/mol. The number of thioether (sulfide) groups is 1. The molecule has 2 heteroatoms. The van der Waals surface area contributed by atoms with Crippen LogP contribution in [-0.2, 0) is 0 Å². The second-order valence-electron chi connectivity index (χ2n) is 3.26. The molecule has 2 rings (SSSR count). The van der Waals surface area contributed by atoms with Crippen LogP contribution in [0.3, 0.4) is 0 Å². The zero-order chi connectivity index (χ0) is 6.32. The molecule has 1 aliphatic carbocycles. The van der Waals surface area contributed by atoms with Gasteiger partial charge >= 0.3 is 0 Å². The molecule has 52 valence electrons. The first-order valence-corrected chi connectivity index (χ1v) is 4.76. The summed E-state index contributed by atoms with van der Waals surface area (Å²) in [4.78, 5) is 0. The maximum absolute atomic E-state index is 5.94. The molecular weight excluding hydrogens is 130 g/mol. The van der Waals surface area contributed by atoms with Crippen molar-refractivity contribution in [1.29, 1.82) is 0 Å². The number of hydrogen-bond donors (Lipinski definition) is 1. The van der Waals surface area contributed by atoms with Gasteiger partial charge in [0.05, 0.1) is 5.37 Å². The van der Waals surface area contributed by atoms with Crippen molar-refractivity contribution < 1.29 is 0 Å². The Morgan fingerprint density at radius 3 is 2.56 bits per heavy atom. The Balaban J connectivity index is 2.03. The highest BCUT2D eigenvalue weighted by Gasteiger charge is 2.48. The third kappa shape index (κ3) is 0.887. The van der Waals surface area contributed by atoms with Gasteiger partial charge in [-0.2, -0.15) is 0 Å². The van der Waals surface area contributed by atoms with E-state index in [4.69, 9.17) is 5.73 Å². The van der Waals surface area contributed by atoms with Crippen LogP contribution >= 0.6 is 11.8 Å². The second kappa shape index (κ2) is 1.89. The van der Waals surface area contributed by atoms with Crippen molar-refractivity contribution >= 4 is 11.8 Å². The molecule has 2 aliphatic rings. The molecule has 0 aromatic carbocycles. The van der Waals surface area contributed by atoms with Gasteiger partial charge in [0.15, 0.2) is 0 Å². The summed E-state index contributed by atoms with van der Waals surface area (Å²) >= 11 is 1.97. The highest BCUT2D eigenvalue weighted by Crippen LogP contribution is 2.56. The van der Waals surface area contributed by atoms with Crippen molar-refractivity contribution in [2.75, 3.05) is 5.75 Å². The van der Waals surface area contributed by atoms with Crippen LogP contribution in [0.25, 0.3) is 0 Å². The Morgan fingerprint density at radius 1 is 1.33 bits per heavy atom. The molecule has 1 saturated heterocycles. The standard InChI is InChI=1S/C7H13NS/c8-6-7(3-4-7)2-1-5-9-6/h6H,1-5,8H2. The van der Waals surface area contributed by atoms with E-state index in [1.807, 2.05) is 11.8 Å². The van der Waals surface area contributed by atoms with Gasteiger partial charge in [0.1, 0.15) is 0 Å². The zero-order valence-corrected chi connectivity index (χ0v) is 6.41. The molecule has 1 heterocycles. The normalized spacial score (nSPS) is 39.0. The van der Waals surface area contributed by atoms with Gasteiger partial charge in [-0.25, -0.2) is 0 Å². The minimum Gasteiger partial charge on any atom is -0.319 e. The van der Waals surface area contributed by atoms with Crippen molar-refractivity contribution in [2.24, 2.45) is 11.1 Å². The minimum atomic E-state index is 0.478. The van der Waals surface area contributed by atoms with Gasteiger partial charge in [0.2, 0.25) is 0 Å². The van der Waals surface area contributed by atoms with Gasteiger partial charge in [-0.05, 0) is 36.9 Å². The van der Waals surface area contributed by atoms with Gasteiger partial charge < -0.3 is 5.73 Å². The summed E-state index contributed by atoms with van der Waals surface area (Å²) in [6, 6.07) is 0. The van der Waals surface area contributed by atoms with E-state index in [9.17, 15) is 0 Å². The lowest BCUT2D eigenvalue weighted by Crippen LogP contribution is -2.31. The van der Waals surface area contributed by atoms with Crippen LogP contribution < -0.4 is 5.73 Å². The average Bonchev–Trinajstić information content (AvgIpc) is 2.60. The van der Waals surface area contributed by atoms with Crippen molar-refractivity contribution in [1.82, 2.24) is 0 Å². The molecule has 1 unspecified atom stereocenters. The molecule has 0 amide bonds. The summed E-state index contributed by atoms with van der Waals surface area (Å²) in [5.74, 6) is 1.29. The monoisotopic (exact) mass is 143 g/mol. The topological polar surface area (TPSA) is 26.0 Å². The van der Waals surface area contributed by atoms with Gasteiger partial charge in [-0.1, -0.05) is 0 Å². The van der Waals surface area contributed by atoms with Crippen LogP contribution in [0.1, 0.15) is 25.7 Å². The van der Waals surface area contributed by atoms with Crippen LogP contribution in [0.2, 0.25) is 0 Å². The van der Waals surface area contributed by atoms with E-state index in [-0.39, 0.29) is 0 Å². The Kier molecular flexibility index (Phi) is 1.27. The summed E-state index contributed by atoms with van der Waals surface area (Å²) in [6.45, 7) is 0. The highest BCUT2D eigenvalue weighted by atomic mass is 32.2. The van der Waals surface area contributed by atoms with Crippen LogP contribution in [-0.4, -0.2) is 11.1 Å². The van der Waals surface area contributed by atoms with E-state index in [1.165, 1.54) is 31.4 Å². The molecule has 1 atom stereocenters. The van der Waals surface area contributed by atoms with E-state index in [1.54, 1.807) is 0 Å². The molecule has 1 nitrogen and oxygen atoms in total. The quantitative estimate of drug-likeness (QED) is 0.557. The molecule has 0 aromatic heterocycles. The fraction of sp³-hybridized carbons (Fsp3) is 1.00. The molecule has 1 saturated carbocycles. The van der Waals surface area contributed by atoms with Crippen LogP contribution in [0.4, 0.5) is 0 Å². The molecular formula is C7H13NS. The van der Waals surface area contributed by atoms with Crippen molar-refractivity contribution in [2.45, 2.75) is 31.1 Å². The molecule has 0 bridgehead atoms. The first-order valence-electron chi connectivity index (χ1n) is 3.71. The highest BCUT2D eigenvalue weighted by molar-refractivity contribution is 7.99. The third-order valence-corrected chi connectivity index (χ3v) is 4.00. The molecule has 0 radical (unpaired) electrons. The molecule has 2 fully saturated rings. The minimum absolute atomic E-state index is 0.478. The summed E-state index contributed by atoms with van der Waals surface area (Å²) in [5, 5.41) is 0.478. The summed E-state index contributed by atoms with van der Waals surface area (Å²) in [5.41, 5.74) is 6.57. The van der Waals surface area contributed by atoms with Gasteiger partial charge in [-0.15, -0.1) is 11.8 Å². The van der Waals surface area contributed by atoms with Gasteiger partial charge in [0.25, 0.3) is 0 Å². The lowest BCUT2D eigenvalue weighted by molar-refractivity contribution is 0.434. The van der Waals surface area contributed by atoms with E-state index >= 15 is 0 Å². The molecule has 9 heavy (non-hydrogen) atoms. The van der Waals surface area contributed by atoms with Crippen molar-refractivity contribution in [3.63, 3.8) is 0 Å². The number of nitrogens with two attached hydrogens (primary N) is 1. The van der Waals surface area contributed by atoms with Crippen molar-refractivity contribution in [3.8, 4) is 0 Å². The molecule has 2 N–H and O–H groups in total. The third-order valence-electron chi connectivity index (χ3n) is 2.61. The molecule has 1 aliphatic heterocycles. The fourth-order valence-electron chi connectivity index (χ4n) is 1.65. The first kappa shape index (κ1) is 6.05. The fourth-order valence-corrected chi connectivity index (χ4v) is 2.92. The van der Waals surface area contributed by atoms with E-state index in [2.05, 4.69) is 0 Å². The summed E-state index contributed by atoms with van der Waals surface area (Å²) < 4.78 is 0. The Hall–Kier alpha value is 0.310. The first-order chi connectivity index (χ1) is 4.33. The average molecular weight is 143 g/mol. The Bertz CT molecular complexity index is 120. The van der Waals surface area contributed by atoms with E-state index < -0.39 is 0 Å². The largest absolute Gasteiger partial charge is 0.319 e. The van der Waals surface area contributed by atoms with Crippen LogP contribution in [0.15, 0.2) is 0 Å². The summed E-state index contributed by atoms with van der Waals surface area (Å²) in [6.07, 6.45) is 5.61. The molecule has 0 aromatic rings. The van der Waals surface area contributed by atoms with Crippen LogP contribution in [0, 0.1) is 5.41 Å². The van der Waals surface area contributed by atoms with Crippen molar-refractivity contribution in [3.05, 3.63) is 0 Å². The Morgan fingerprint density at radius 2 is 2.11 bits per heavy atom. The van der Waals surface area contributed by atoms with Gasteiger partial charge in [-0.3, -0.25) is 0 Å².